The highest BCUT2D eigenvalue weighted by Gasteiger charge is 2.32. The average Bonchev–Trinajstić information content (AvgIpc) is 3.55. The summed E-state index contributed by atoms with van der Waals surface area (Å²) in [6.07, 6.45) is 1.93. The van der Waals surface area contributed by atoms with E-state index in [0.29, 0.717) is 49.6 Å². The van der Waals surface area contributed by atoms with E-state index >= 15 is 0 Å². The summed E-state index contributed by atoms with van der Waals surface area (Å²) in [6.45, 7) is 0.349. The maximum Gasteiger partial charge on any atom is 0.303 e. The predicted octanol–water partition coefficient (Wildman–Crippen LogP) is 4.85. The molecule has 1 fully saturated rings. The second-order valence-corrected chi connectivity index (χ2v) is 12.0. The van der Waals surface area contributed by atoms with Crippen LogP contribution in [0.15, 0.2) is 78.0 Å². The molecule has 4 N–H and O–H groups in total. The number of phenols is 1. The first kappa shape index (κ1) is 33.1. The number of phenolic OH excluding ortho intramolecular Hbond substituents is 1. The lowest BCUT2D eigenvalue weighted by Gasteiger charge is -2.36. The summed E-state index contributed by atoms with van der Waals surface area (Å²) >= 11 is 1.47. The number of carbonyl (C=O) groups excluding carboxylic acids is 1. The normalized spacial score (nSPS) is 17.9. The molecule has 13 heteroatoms. The van der Waals surface area contributed by atoms with Gasteiger partial charge in [0.1, 0.15) is 5.75 Å². The lowest BCUT2D eigenvalue weighted by Crippen LogP contribution is -2.31. The fourth-order valence-corrected chi connectivity index (χ4v) is 5.94. The third-order valence-electron chi connectivity index (χ3n) is 7.58. The molecule has 0 radical (unpaired) electrons. The molecule has 4 aromatic rings. The van der Waals surface area contributed by atoms with Gasteiger partial charge in [-0.05, 0) is 64.2 Å². The van der Waals surface area contributed by atoms with E-state index in [0.717, 1.165) is 27.9 Å². The minimum absolute atomic E-state index is 0.0356. The Hall–Kier alpha value is -4.30. The van der Waals surface area contributed by atoms with Gasteiger partial charge in [0.25, 0.3) is 0 Å². The average molecular weight is 648 g/mol. The van der Waals surface area contributed by atoms with E-state index < -0.39 is 12.3 Å². The van der Waals surface area contributed by atoms with Gasteiger partial charge in [-0.2, -0.15) is 4.68 Å². The van der Waals surface area contributed by atoms with Gasteiger partial charge in [-0.25, -0.2) is 0 Å². The van der Waals surface area contributed by atoms with Crippen LogP contribution in [-0.2, 0) is 32.2 Å². The molecule has 12 nitrogen and oxygen atoms in total. The maximum atomic E-state index is 12.2. The van der Waals surface area contributed by atoms with Gasteiger partial charge in [0, 0.05) is 37.1 Å². The number of aromatic hydroxyl groups is 1. The molecule has 3 aromatic carbocycles. The van der Waals surface area contributed by atoms with Crippen LogP contribution in [0.25, 0.3) is 5.69 Å². The van der Waals surface area contributed by atoms with Gasteiger partial charge >= 0.3 is 5.97 Å². The number of benzene rings is 3. The molecule has 0 bridgehead atoms. The van der Waals surface area contributed by atoms with Crippen molar-refractivity contribution in [3.8, 4) is 11.4 Å². The van der Waals surface area contributed by atoms with E-state index in [-0.39, 0.29) is 36.9 Å². The number of tetrazole rings is 1. The number of rotatable bonds is 15. The molecule has 46 heavy (non-hydrogen) atoms. The van der Waals surface area contributed by atoms with Gasteiger partial charge in [-0.3, -0.25) is 9.59 Å². The van der Waals surface area contributed by atoms with E-state index in [2.05, 4.69) is 20.8 Å². The lowest BCUT2D eigenvalue weighted by molar-refractivity contribution is -0.245. The van der Waals surface area contributed by atoms with Crippen LogP contribution < -0.4 is 5.32 Å². The zero-order valence-corrected chi connectivity index (χ0v) is 26.0. The third kappa shape index (κ3) is 9.36. The molecule has 1 aromatic heterocycles. The highest BCUT2D eigenvalue weighted by atomic mass is 32.2. The first-order valence-electron chi connectivity index (χ1n) is 15.2. The Balaban J connectivity index is 1.22. The van der Waals surface area contributed by atoms with Gasteiger partial charge in [-0.15, -0.1) is 5.10 Å². The number of aliphatic carboxylic acids is 1. The van der Waals surface area contributed by atoms with Crippen LogP contribution in [0.1, 0.15) is 73.2 Å². The van der Waals surface area contributed by atoms with Gasteiger partial charge in [0.15, 0.2) is 6.29 Å². The fraction of sp³-hybridized carbons (Fsp3) is 0.364. The smallest absolute Gasteiger partial charge is 0.303 e. The fourth-order valence-electron chi connectivity index (χ4n) is 5.04. The van der Waals surface area contributed by atoms with Crippen LogP contribution in [0.2, 0.25) is 0 Å². The Morgan fingerprint density at radius 2 is 1.59 bits per heavy atom. The highest BCUT2D eigenvalue weighted by Crippen LogP contribution is 2.39. The van der Waals surface area contributed by atoms with Crippen molar-refractivity contribution in [3.63, 3.8) is 0 Å². The second kappa shape index (κ2) is 16.3. The van der Waals surface area contributed by atoms with Crippen LogP contribution in [0.5, 0.6) is 5.75 Å². The number of ether oxygens (including phenoxy) is 2. The molecular formula is C33H37N5O7S. The largest absolute Gasteiger partial charge is 0.508 e. The van der Waals surface area contributed by atoms with Crippen LogP contribution in [0.3, 0.4) is 0 Å². The van der Waals surface area contributed by atoms with Crippen LogP contribution in [-0.4, -0.2) is 59.3 Å². The van der Waals surface area contributed by atoms with Crippen molar-refractivity contribution in [1.82, 2.24) is 25.5 Å². The number of aliphatic hydroxyl groups excluding tert-OH is 1. The Morgan fingerprint density at radius 1 is 0.891 bits per heavy atom. The Bertz CT molecular complexity index is 1560. The van der Waals surface area contributed by atoms with E-state index in [1.54, 1.807) is 28.9 Å². The number of nitrogens with one attached hydrogen (secondary N) is 1. The Labute approximate surface area is 270 Å². The molecule has 1 aliphatic heterocycles. The van der Waals surface area contributed by atoms with E-state index in [1.165, 1.54) is 11.8 Å². The molecule has 2 heterocycles. The number of nitrogens with zero attached hydrogens (tertiary/aromatic N) is 4. The summed E-state index contributed by atoms with van der Waals surface area (Å²) in [4.78, 5) is 22.8. The minimum atomic E-state index is -0.816. The Kier molecular flexibility index (Phi) is 11.7. The van der Waals surface area contributed by atoms with Crippen LogP contribution >= 0.6 is 11.8 Å². The van der Waals surface area contributed by atoms with Gasteiger partial charge < -0.3 is 30.1 Å². The van der Waals surface area contributed by atoms with E-state index in [1.807, 2.05) is 48.5 Å². The zero-order chi connectivity index (χ0) is 32.3. The number of thioether (sulfide) groups is 1. The third-order valence-corrected chi connectivity index (χ3v) is 8.64. The summed E-state index contributed by atoms with van der Waals surface area (Å²) in [5, 5.41) is 43.5. The van der Waals surface area contributed by atoms with Crippen LogP contribution in [0.4, 0.5) is 0 Å². The molecule has 1 saturated heterocycles. The highest BCUT2D eigenvalue weighted by molar-refractivity contribution is 7.99. The Morgan fingerprint density at radius 3 is 2.30 bits per heavy atom. The summed E-state index contributed by atoms with van der Waals surface area (Å²) in [7, 11) is 0. The van der Waals surface area contributed by atoms with Crippen molar-refractivity contribution >= 4 is 23.6 Å². The standard InChI is InChI=1S/C33H37N5O7S/c39-20-23-8-10-24(11-9-23)29-18-28(21-46-33-35-36-37-38(33)26-14-16-27(40)17-15-26)44-32(45-29)25-12-6-22(7-13-25)19-34-30(41)4-2-1-3-5-31(42)43/h6-17,28-29,32,39-40H,1-5,18-21H2,(H,34,41)(H,42,43)/t28-,29+,32+/m1/s1. The summed E-state index contributed by atoms with van der Waals surface area (Å²) in [5.41, 5.74) is 4.31. The van der Waals surface area contributed by atoms with Crippen molar-refractivity contribution in [1.29, 1.82) is 0 Å². The first-order chi connectivity index (χ1) is 22.4. The number of carboxylic acids is 1. The SMILES string of the molecule is O=C(O)CCCCCC(=O)NCc1ccc([C@H]2O[C@@H](CSc3nnnn3-c3ccc(O)cc3)C[C@@H](c3ccc(CO)cc3)O2)cc1. The summed E-state index contributed by atoms with van der Waals surface area (Å²) < 4.78 is 14.5. The van der Waals surface area contributed by atoms with Crippen molar-refractivity contribution in [2.45, 2.75) is 75.3 Å². The molecule has 3 atom stereocenters. The number of aromatic nitrogens is 4. The lowest BCUT2D eigenvalue weighted by atomic mass is 10.0. The number of aliphatic hydroxyl groups is 1. The van der Waals surface area contributed by atoms with Crippen molar-refractivity contribution < 1.29 is 34.4 Å². The maximum absolute atomic E-state index is 12.2. The number of amides is 1. The van der Waals surface area contributed by atoms with Crippen molar-refractivity contribution in [2.75, 3.05) is 5.75 Å². The molecule has 5 rings (SSSR count). The quantitative estimate of drug-likeness (QED) is 0.103. The van der Waals surface area contributed by atoms with Crippen molar-refractivity contribution in [3.05, 3.63) is 95.1 Å². The molecule has 0 spiro atoms. The molecular weight excluding hydrogens is 610 g/mol. The molecule has 0 unspecified atom stereocenters. The molecule has 0 aliphatic carbocycles. The molecule has 0 saturated carbocycles. The van der Waals surface area contributed by atoms with Crippen LogP contribution in [0, 0.1) is 0 Å². The summed E-state index contributed by atoms with van der Waals surface area (Å²) in [6, 6.07) is 22.1. The van der Waals surface area contributed by atoms with E-state index in [9.17, 15) is 19.8 Å². The number of unbranched alkanes of at least 4 members (excludes halogenated alkanes) is 2. The number of hydrogen-bond donors (Lipinski definition) is 4. The van der Waals surface area contributed by atoms with E-state index in [4.69, 9.17) is 14.6 Å². The van der Waals surface area contributed by atoms with Gasteiger partial charge in [0.2, 0.25) is 11.1 Å². The van der Waals surface area contributed by atoms with Crippen molar-refractivity contribution in [2.24, 2.45) is 0 Å². The molecule has 1 aliphatic rings. The van der Waals surface area contributed by atoms with Gasteiger partial charge in [-0.1, -0.05) is 66.7 Å². The zero-order valence-electron chi connectivity index (χ0n) is 25.2. The van der Waals surface area contributed by atoms with Gasteiger partial charge in [0.05, 0.1) is 24.5 Å². The minimum Gasteiger partial charge on any atom is -0.508 e. The predicted molar refractivity (Wildman–Crippen MR) is 169 cm³/mol. The number of carboxylic acid groups (broad SMARTS) is 1. The molecule has 1 amide bonds. The molecule has 242 valence electrons. The first-order valence-corrected chi connectivity index (χ1v) is 16.1. The number of hydrogen-bond acceptors (Lipinski definition) is 10. The topological polar surface area (TPSA) is 169 Å². The number of carbonyl (C=O) groups is 2. The summed E-state index contributed by atoms with van der Waals surface area (Å²) in [5.74, 6) is -0.164. The second-order valence-electron chi connectivity index (χ2n) is 11.0. The monoisotopic (exact) mass is 647 g/mol.